The number of hydrogen-bond acceptors (Lipinski definition) is 3. The summed E-state index contributed by atoms with van der Waals surface area (Å²) in [5.74, 6) is -0.0234. The van der Waals surface area contributed by atoms with Crippen LogP contribution >= 0.6 is 0 Å². The fraction of sp³-hybridized carbons (Fsp3) is 0.706. The Morgan fingerprint density at radius 1 is 1.40 bits per heavy atom. The van der Waals surface area contributed by atoms with Gasteiger partial charge in [-0.15, -0.1) is 0 Å². The number of allylic oxidation sites excluding steroid dienone is 2. The second-order valence-corrected chi connectivity index (χ2v) is 6.76. The molecule has 20 heavy (non-hydrogen) atoms. The zero-order valence-electron chi connectivity index (χ0n) is 12.4. The van der Waals surface area contributed by atoms with E-state index in [2.05, 4.69) is 32.6 Å². The minimum atomic E-state index is -0.414. The summed E-state index contributed by atoms with van der Waals surface area (Å²) in [4.78, 5) is 0. The Morgan fingerprint density at radius 2 is 2.10 bits per heavy atom. The zero-order valence-corrected chi connectivity index (χ0v) is 12.4. The number of rotatable bonds is 1. The molecule has 1 saturated carbocycles. The highest BCUT2D eigenvalue weighted by atomic mass is 16.7. The maximum absolute atomic E-state index is 9.58. The van der Waals surface area contributed by atoms with Gasteiger partial charge in [-0.05, 0) is 25.7 Å². The average Bonchev–Trinajstić information content (AvgIpc) is 2.87. The van der Waals surface area contributed by atoms with Crippen molar-refractivity contribution in [3.63, 3.8) is 0 Å². The van der Waals surface area contributed by atoms with Crippen molar-refractivity contribution in [2.75, 3.05) is 13.2 Å². The van der Waals surface area contributed by atoms with E-state index in [1.165, 1.54) is 5.57 Å². The maximum Gasteiger partial charge on any atom is 0.172 e. The molecule has 1 spiro atoms. The van der Waals surface area contributed by atoms with Crippen molar-refractivity contribution < 1.29 is 9.47 Å². The highest BCUT2D eigenvalue weighted by Crippen LogP contribution is 2.56. The molecule has 0 unspecified atom stereocenters. The Kier molecular flexibility index (Phi) is 3.27. The van der Waals surface area contributed by atoms with Crippen LogP contribution in [0, 0.1) is 28.6 Å². The van der Waals surface area contributed by atoms with Gasteiger partial charge in [-0.1, -0.05) is 30.7 Å². The van der Waals surface area contributed by atoms with E-state index in [-0.39, 0.29) is 11.3 Å². The number of fused-ring (bicyclic) bond motifs is 1. The quantitative estimate of drug-likeness (QED) is 0.686. The van der Waals surface area contributed by atoms with Crippen molar-refractivity contribution in [2.24, 2.45) is 17.3 Å². The van der Waals surface area contributed by atoms with Crippen LogP contribution in [-0.2, 0) is 9.47 Å². The molecule has 3 heteroatoms. The Balaban J connectivity index is 1.95. The van der Waals surface area contributed by atoms with E-state index in [1.807, 2.05) is 0 Å². The van der Waals surface area contributed by atoms with Crippen LogP contribution in [0.1, 0.15) is 39.5 Å². The molecule has 2 aliphatic carbocycles. The summed E-state index contributed by atoms with van der Waals surface area (Å²) >= 11 is 0. The van der Waals surface area contributed by atoms with Gasteiger partial charge < -0.3 is 9.47 Å². The lowest BCUT2D eigenvalue weighted by Gasteiger charge is -2.49. The molecule has 2 fully saturated rings. The molecule has 0 aromatic rings. The summed E-state index contributed by atoms with van der Waals surface area (Å²) in [7, 11) is 0. The highest BCUT2D eigenvalue weighted by molar-refractivity contribution is 5.30. The predicted octanol–water partition coefficient (Wildman–Crippen LogP) is 3.58. The van der Waals surface area contributed by atoms with Gasteiger partial charge in [0.15, 0.2) is 5.79 Å². The first-order chi connectivity index (χ1) is 9.49. The topological polar surface area (TPSA) is 42.2 Å². The minimum absolute atomic E-state index is 0.0126. The predicted molar refractivity (Wildman–Crippen MR) is 76.7 cm³/mol. The van der Waals surface area contributed by atoms with Gasteiger partial charge in [-0.3, -0.25) is 0 Å². The van der Waals surface area contributed by atoms with E-state index in [4.69, 9.17) is 9.47 Å². The molecule has 0 amide bonds. The molecular formula is C17H23NO2. The van der Waals surface area contributed by atoms with Gasteiger partial charge in [-0.2, -0.15) is 5.26 Å². The molecule has 1 saturated heterocycles. The maximum atomic E-state index is 9.58. The fourth-order valence-electron chi connectivity index (χ4n) is 3.95. The molecule has 0 aromatic heterocycles. The van der Waals surface area contributed by atoms with E-state index < -0.39 is 5.79 Å². The lowest BCUT2D eigenvalue weighted by molar-refractivity contribution is -0.179. The minimum Gasteiger partial charge on any atom is -0.347 e. The summed E-state index contributed by atoms with van der Waals surface area (Å²) in [6.45, 7) is 9.76. The molecule has 0 N–H and O–H groups in total. The Morgan fingerprint density at radius 3 is 2.70 bits per heavy atom. The van der Waals surface area contributed by atoms with Crippen LogP contribution in [-0.4, -0.2) is 19.0 Å². The Labute approximate surface area is 121 Å². The molecule has 0 bridgehead atoms. The van der Waals surface area contributed by atoms with E-state index >= 15 is 0 Å². The fourth-order valence-corrected chi connectivity index (χ4v) is 3.95. The van der Waals surface area contributed by atoms with Gasteiger partial charge in [0.05, 0.1) is 25.2 Å². The van der Waals surface area contributed by atoms with Crippen LogP contribution in [0.15, 0.2) is 23.8 Å². The van der Waals surface area contributed by atoms with Gasteiger partial charge in [0, 0.05) is 18.3 Å². The number of nitrogens with zero attached hydrogens (tertiary/aromatic N) is 1. The molecule has 1 aliphatic heterocycles. The highest BCUT2D eigenvalue weighted by Gasteiger charge is 2.52. The average molecular weight is 273 g/mol. The van der Waals surface area contributed by atoms with Crippen LogP contribution < -0.4 is 0 Å². The van der Waals surface area contributed by atoms with Crippen molar-refractivity contribution in [2.45, 2.75) is 45.3 Å². The van der Waals surface area contributed by atoms with Crippen molar-refractivity contribution in [1.29, 1.82) is 5.26 Å². The smallest absolute Gasteiger partial charge is 0.172 e. The zero-order chi connectivity index (χ0) is 14.4. The van der Waals surface area contributed by atoms with Gasteiger partial charge in [0.1, 0.15) is 0 Å². The number of nitriles is 1. The molecule has 3 atom stereocenters. The van der Waals surface area contributed by atoms with Crippen LogP contribution in [0.2, 0.25) is 0 Å². The van der Waals surface area contributed by atoms with Crippen LogP contribution in [0.3, 0.4) is 0 Å². The summed E-state index contributed by atoms with van der Waals surface area (Å²) in [5, 5.41) is 9.58. The molecule has 0 aromatic carbocycles. The first kappa shape index (κ1) is 13.9. The third-order valence-electron chi connectivity index (χ3n) is 5.48. The first-order valence-electron chi connectivity index (χ1n) is 7.53. The van der Waals surface area contributed by atoms with Crippen molar-refractivity contribution in [1.82, 2.24) is 0 Å². The van der Waals surface area contributed by atoms with E-state index in [0.717, 1.165) is 31.3 Å². The van der Waals surface area contributed by atoms with Crippen LogP contribution in [0.25, 0.3) is 0 Å². The van der Waals surface area contributed by atoms with Crippen molar-refractivity contribution >= 4 is 0 Å². The molecule has 1 heterocycles. The monoisotopic (exact) mass is 273 g/mol. The lowest BCUT2D eigenvalue weighted by atomic mass is 9.57. The van der Waals surface area contributed by atoms with E-state index in [1.54, 1.807) is 0 Å². The van der Waals surface area contributed by atoms with Gasteiger partial charge in [-0.25, -0.2) is 0 Å². The molecule has 3 aliphatic rings. The Hall–Kier alpha value is -1.11. The van der Waals surface area contributed by atoms with Crippen molar-refractivity contribution in [3.8, 4) is 6.07 Å². The van der Waals surface area contributed by atoms with Crippen molar-refractivity contribution in [3.05, 3.63) is 23.8 Å². The summed E-state index contributed by atoms with van der Waals surface area (Å²) < 4.78 is 11.7. The van der Waals surface area contributed by atoms with Crippen LogP contribution in [0.5, 0.6) is 0 Å². The van der Waals surface area contributed by atoms with Crippen LogP contribution in [0.4, 0.5) is 0 Å². The molecule has 3 rings (SSSR count). The molecular weight excluding hydrogens is 250 g/mol. The normalized spacial score (nSPS) is 39.0. The van der Waals surface area contributed by atoms with E-state index in [9.17, 15) is 5.26 Å². The Bertz CT molecular complexity index is 496. The largest absolute Gasteiger partial charge is 0.347 e. The SMILES string of the molecule is C=C(C)[C@@H]1C=C2CC3(CC[C@@]2(C)[C@H](C#N)C1)OCCO3. The van der Waals surface area contributed by atoms with E-state index in [0.29, 0.717) is 19.1 Å². The number of ether oxygens (including phenoxy) is 2. The second kappa shape index (κ2) is 4.72. The number of hydrogen-bond donors (Lipinski definition) is 0. The van der Waals surface area contributed by atoms with Gasteiger partial charge in [0.25, 0.3) is 0 Å². The van der Waals surface area contributed by atoms with Gasteiger partial charge >= 0.3 is 0 Å². The van der Waals surface area contributed by atoms with Gasteiger partial charge in [0.2, 0.25) is 0 Å². The summed E-state index contributed by atoms with van der Waals surface area (Å²) in [5.41, 5.74) is 2.48. The molecule has 3 nitrogen and oxygen atoms in total. The second-order valence-electron chi connectivity index (χ2n) is 6.76. The lowest BCUT2D eigenvalue weighted by Crippen LogP contribution is -2.45. The first-order valence-corrected chi connectivity index (χ1v) is 7.53. The standard InChI is InChI=1S/C17H23NO2/c1-12(2)13-8-14-10-17(19-6-7-20-17)5-4-16(14,3)15(9-13)11-18/h8,13,15H,1,4-7,9-10H2,2-3H3/t13-,15+,16-/m1/s1. The summed E-state index contributed by atoms with van der Waals surface area (Å²) in [6, 6.07) is 2.54. The molecule has 0 radical (unpaired) electrons. The third kappa shape index (κ3) is 2.03. The third-order valence-corrected chi connectivity index (χ3v) is 5.48. The molecule has 108 valence electrons. The summed E-state index contributed by atoms with van der Waals surface area (Å²) in [6.07, 6.45) is 5.92.